The van der Waals surface area contributed by atoms with Crippen molar-refractivity contribution in [1.82, 2.24) is 14.8 Å². The highest BCUT2D eigenvalue weighted by atomic mass is 16.3. The standard InChI is InChI=1S/C17H19N5O/c18-9-14-3-1-4-17(20-14)21-10-12-7-15(22-6-2-5-19-22)16(23)8-13(12)11-21/h1-6,12-13,15-16,23H,7-8,10-11H2/t12-,13+,15-,16-/m1/s1. The third-order valence-electron chi connectivity index (χ3n) is 5.15. The number of aliphatic hydroxyl groups excluding tert-OH is 1. The molecule has 2 aliphatic rings. The predicted molar refractivity (Wildman–Crippen MR) is 84.6 cm³/mol. The Morgan fingerprint density at radius 1 is 1.17 bits per heavy atom. The average Bonchev–Trinajstić information content (AvgIpc) is 3.23. The monoisotopic (exact) mass is 309 g/mol. The second-order valence-corrected chi connectivity index (χ2v) is 6.51. The molecule has 0 unspecified atom stereocenters. The van der Waals surface area contributed by atoms with E-state index in [4.69, 9.17) is 5.26 Å². The highest BCUT2D eigenvalue weighted by Crippen LogP contribution is 2.41. The number of aromatic nitrogens is 3. The van der Waals surface area contributed by atoms with E-state index in [0.29, 0.717) is 17.5 Å². The molecule has 2 aromatic rings. The van der Waals surface area contributed by atoms with Gasteiger partial charge < -0.3 is 10.0 Å². The minimum Gasteiger partial charge on any atom is -0.391 e. The summed E-state index contributed by atoms with van der Waals surface area (Å²) in [6, 6.07) is 9.62. The third-order valence-corrected chi connectivity index (χ3v) is 5.15. The van der Waals surface area contributed by atoms with Crippen LogP contribution in [0.5, 0.6) is 0 Å². The van der Waals surface area contributed by atoms with Crippen molar-refractivity contribution in [1.29, 1.82) is 5.26 Å². The topological polar surface area (TPSA) is 78.0 Å². The van der Waals surface area contributed by atoms with Gasteiger partial charge in [-0.3, -0.25) is 4.68 Å². The molecule has 4 rings (SSSR count). The molecule has 2 aromatic heterocycles. The van der Waals surface area contributed by atoms with Gasteiger partial charge in [0, 0.05) is 25.5 Å². The van der Waals surface area contributed by atoms with Crippen LogP contribution in [0.3, 0.4) is 0 Å². The van der Waals surface area contributed by atoms with Gasteiger partial charge in [0.2, 0.25) is 0 Å². The SMILES string of the molecule is N#Cc1cccc(N2C[C@H]3C[C@@H](n4cccn4)[C@H](O)C[C@H]3C2)n1. The van der Waals surface area contributed by atoms with E-state index in [0.717, 1.165) is 31.7 Å². The van der Waals surface area contributed by atoms with Gasteiger partial charge in [-0.2, -0.15) is 10.4 Å². The Morgan fingerprint density at radius 2 is 2.00 bits per heavy atom. The molecule has 6 heteroatoms. The smallest absolute Gasteiger partial charge is 0.142 e. The molecule has 0 radical (unpaired) electrons. The van der Waals surface area contributed by atoms with Crippen LogP contribution in [0.1, 0.15) is 24.6 Å². The maximum Gasteiger partial charge on any atom is 0.142 e. The second-order valence-electron chi connectivity index (χ2n) is 6.51. The van der Waals surface area contributed by atoms with Gasteiger partial charge >= 0.3 is 0 Å². The van der Waals surface area contributed by atoms with E-state index in [9.17, 15) is 5.11 Å². The summed E-state index contributed by atoms with van der Waals surface area (Å²) in [4.78, 5) is 6.65. The van der Waals surface area contributed by atoms with Crippen molar-refractivity contribution in [3.8, 4) is 6.07 Å². The molecule has 6 nitrogen and oxygen atoms in total. The fourth-order valence-electron chi connectivity index (χ4n) is 4.02. The molecule has 0 spiro atoms. The van der Waals surface area contributed by atoms with E-state index in [-0.39, 0.29) is 12.1 Å². The van der Waals surface area contributed by atoms with Gasteiger partial charge in [-0.25, -0.2) is 4.98 Å². The molecule has 0 bridgehead atoms. The summed E-state index contributed by atoms with van der Waals surface area (Å²) in [6.07, 6.45) is 5.07. The summed E-state index contributed by atoms with van der Waals surface area (Å²) < 4.78 is 1.89. The van der Waals surface area contributed by atoms with Crippen LogP contribution in [0.25, 0.3) is 0 Å². The summed E-state index contributed by atoms with van der Waals surface area (Å²) in [5.74, 6) is 1.87. The van der Waals surface area contributed by atoms with Gasteiger partial charge in [0.05, 0.1) is 12.1 Å². The minimum absolute atomic E-state index is 0.0598. The first-order valence-electron chi connectivity index (χ1n) is 8.04. The molecular weight excluding hydrogens is 290 g/mol. The normalized spacial score (nSPS) is 30.0. The Balaban J connectivity index is 1.52. The lowest BCUT2D eigenvalue weighted by molar-refractivity contribution is 0.0306. The Kier molecular flexibility index (Phi) is 3.50. The zero-order valence-corrected chi connectivity index (χ0v) is 12.8. The lowest BCUT2D eigenvalue weighted by Crippen LogP contribution is -2.36. The molecule has 1 N–H and O–H groups in total. The van der Waals surface area contributed by atoms with E-state index in [2.05, 4.69) is 21.1 Å². The number of hydrogen-bond donors (Lipinski definition) is 1. The Morgan fingerprint density at radius 3 is 2.74 bits per heavy atom. The number of rotatable bonds is 2. The maximum atomic E-state index is 10.5. The molecule has 4 atom stereocenters. The quantitative estimate of drug-likeness (QED) is 0.911. The van der Waals surface area contributed by atoms with E-state index in [1.54, 1.807) is 12.3 Å². The molecule has 1 saturated heterocycles. The molecule has 2 fully saturated rings. The number of aliphatic hydroxyl groups is 1. The van der Waals surface area contributed by atoms with Gasteiger partial charge in [0.1, 0.15) is 17.6 Å². The van der Waals surface area contributed by atoms with Crippen LogP contribution in [0.4, 0.5) is 5.82 Å². The van der Waals surface area contributed by atoms with Crippen molar-refractivity contribution in [2.75, 3.05) is 18.0 Å². The third kappa shape index (κ3) is 2.57. The largest absolute Gasteiger partial charge is 0.391 e. The molecule has 0 amide bonds. The number of hydrogen-bond acceptors (Lipinski definition) is 5. The number of fused-ring (bicyclic) bond motifs is 1. The lowest BCUT2D eigenvalue weighted by atomic mass is 9.77. The van der Waals surface area contributed by atoms with Crippen molar-refractivity contribution >= 4 is 5.82 Å². The van der Waals surface area contributed by atoms with Crippen LogP contribution in [0.2, 0.25) is 0 Å². The number of anilines is 1. The summed E-state index contributed by atoms with van der Waals surface area (Å²) >= 11 is 0. The molecule has 23 heavy (non-hydrogen) atoms. The first kappa shape index (κ1) is 14.2. The van der Waals surface area contributed by atoms with Crippen LogP contribution < -0.4 is 4.90 Å². The number of nitrogens with zero attached hydrogens (tertiary/aromatic N) is 5. The first-order chi connectivity index (χ1) is 11.2. The van der Waals surface area contributed by atoms with E-state index in [1.807, 2.05) is 29.1 Å². The Labute approximate surface area is 135 Å². The fourth-order valence-corrected chi connectivity index (χ4v) is 4.02. The summed E-state index contributed by atoms with van der Waals surface area (Å²) in [5.41, 5.74) is 0.451. The van der Waals surface area contributed by atoms with Crippen LogP contribution in [0, 0.1) is 23.2 Å². The molecular formula is C17H19N5O. The molecule has 1 aliphatic carbocycles. The maximum absolute atomic E-state index is 10.5. The van der Waals surface area contributed by atoms with Crippen molar-refractivity contribution in [3.05, 3.63) is 42.4 Å². The minimum atomic E-state index is -0.352. The summed E-state index contributed by atoms with van der Waals surface area (Å²) in [7, 11) is 0. The first-order valence-corrected chi connectivity index (χ1v) is 8.04. The van der Waals surface area contributed by atoms with Crippen LogP contribution in [0.15, 0.2) is 36.7 Å². The zero-order chi connectivity index (χ0) is 15.8. The fraction of sp³-hybridized carbons (Fsp3) is 0.471. The van der Waals surface area contributed by atoms with E-state index < -0.39 is 0 Å². The lowest BCUT2D eigenvalue weighted by Gasteiger charge is -2.35. The molecule has 1 saturated carbocycles. The van der Waals surface area contributed by atoms with Gasteiger partial charge in [0.25, 0.3) is 0 Å². The van der Waals surface area contributed by atoms with Crippen molar-refractivity contribution in [2.45, 2.75) is 25.0 Å². The number of nitriles is 1. The zero-order valence-electron chi connectivity index (χ0n) is 12.8. The second kappa shape index (κ2) is 5.67. The van der Waals surface area contributed by atoms with Gasteiger partial charge in [-0.15, -0.1) is 0 Å². The van der Waals surface area contributed by atoms with Crippen molar-refractivity contribution in [2.24, 2.45) is 11.8 Å². The predicted octanol–water partition coefficient (Wildman–Crippen LogP) is 1.60. The molecule has 0 aromatic carbocycles. The van der Waals surface area contributed by atoms with Gasteiger partial charge in [-0.1, -0.05) is 6.07 Å². The van der Waals surface area contributed by atoms with E-state index in [1.165, 1.54) is 0 Å². The Hall–Kier alpha value is -2.39. The van der Waals surface area contributed by atoms with Crippen LogP contribution >= 0.6 is 0 Å². The van der Waals surface area contributed by atoms with Crippen molar-refractivity contribution < 1.29 is 5.11 Å². The molecule has 118 valence electrons. The summed E-state index contributed by atoms with van der Waals surface area (Å²) in [6.45, 7) is 1.83. The van der Waals surface area contributed by atoms with Gasteiger partial charge in [0.15, 0.2) is 0 Å². The highest BCUT2D eigenvalue weighted by molar-refractivity contribution is 5.43. The van der Waals surface area contributed by atoms with Crippen LogP contribution in [-0.4, -0.2) is 39.1 Å². The van der Waals surface area contributed by atoms with E-state index >= 15 is 0 Å². The van der Waals surface area contributed by atoms with Gasteiger partial charge in [-0.05, 0) is 42.9 Å². The summed E-state index contributed by atoms with van der Waals surface area (Å²) in [5, 5.41) is 23.8. The highest BCUT2D eigenvalue weighted by Gasteiger charge is 2.42. The number of pyridine rings is 1. The molecule has 3 heterocycles. The van der Waals surface area contributed by atoms with Crippen molar-refractivity contribution in [3.63, 3.8) is 0 Å². The molecule has 1 aliphatic heterocycles. The average molecular weight is 309 g/mol. The van der Waals surface area contributed by atoms with Crippen LogP contribution in [-0.2, 0) is 0 Å². The Bertz CT molecular complexity index is 723.